The number of carbonyl (C=O) groups is 1. The van der Waals surface area contributed by atoms with Crippen LogP contribution in [0.3, 0.4) is 0 Å². The lowest BCUT2D eigenvalue weighted by atomic mass is 10.1. The molecule has 1 saturated carbocycles. The van der Waals surface area contributed by atoms with E-state index in [1.165, 1.54) is 18.2 Å². The maximum absolute atomic E-state index is 11.8. The second-order valence-electron chi connectivity index (χ2n) is 5.27. The monoisotopic (exact) mass is 235 g/mol. The number of nitrogens with one attached hydrogen (secondary N) is 1. The highest BCUT2D eigenvalue weighted by Crippen LogP contribution is 2.51. The molecule has 3 N–H and O–H groups in total. The van der Waals surface area contributed by atoms with Crippen molar-refractivity contribution >= 4 is 5.91 Å². The Morgan fingerprint density at radius 2 is 1.94 bits per heavy atom. The lowest BCUT2D eigenvalue weighted by molar-refractivity contribution is 0.0945. The molecule has 1 fully saturated rings. The molecule has 1 amide bonds. The molecule has 1 aromatic carbocycles. The first-order valence-corrected chi connectivity index (χ1v) is 5.71. The molecule has 0 radical (unpaired) electrons. The summed E-state index contributed by atoms with van der Waals surface area (Å²) in [5.74, 6) is -0.335. The highest BCUT2D eigenvalue weighted by Gasteiger charge is 2.45. The van der Waals surface area contributed by atoms with E-state index in [2.05, 4.69) is 19.2 Å². The Labute approximate surface area is 100 Å². The number of hydrogen-bond acceptors (Lipinski definition) is 3. The van der Waals surface area contributed by atoms with Gasteiger partial charge in [0.1, 0.15) is 17.1 Å². The van der Waals surface area contributed by atoms with Gasteiger partial charge in [0.2, 0.25) is 0 Å². The van der Waals surface area contributed by atoms with Gasteiger partial charge in [0.25, 0.3) is 5.91 Å². The Bertz CT molecular complexity index is 434. The van der Waals surface area contributed by atoms with Gasteiger partial charge in [0.15, 0.2) is 0 Å². The molecule has 1 atom stereocenters. The highest BCUT2D eigenvalue weighted by molar-refractivity contribution is 5.99. The average molecular weight is 235 g/mol. The smallest absolute Gasteiger partial charge is 0.258 e. The van der Waals surface area contributed by atoms with Crippen molar-refractivity contribution < 1.29 is 15.0 Å². The molecule has 1 unspecified atom stereocenters. The van der Waals surface area contributed by atoms with Gasteiger partial charge in [-0.3, -0.25) is 4.79 Å². The van der Waals surface area contributed by atoms with Crippen LogP contribution in [0.15, 0.2) is 18.2 Å². The van der Waals surface area contributed by atoms with Crippen LogP contribution in [-0.4, -0.2) is 22.7 Å². The quantitative estimate of drug-likeness (QED) is 0.749. The second kappa shape index (κ2) is 3.95. The van der Waals surface area contributed by atoms with Crippen LogP contribution >= 0.6 is 0 Å². The van der Waals surface area contributed by atoms with Crippen molar-refractivity contribution in [3.05, 3.63) is 23.8 Å². The van der Waals surface area contributed by atoms with Gasteiger partial charge in [-0.2, -0.15) is 0 Å². The van der Waals surface area contributed by atoms with E-state index in [-0.39, 0.29) is 17.1 Å². The third-order valence-corrected chi connectivity index (χ3v) is 3.47. The Balaban J connectivity index is 2.01. The lowest BCUT2D eigenvalue weighted by Crippen LogP contribution is -2.26. The summed E-state index contributed by atoms with van der Waals surface area (Å²) in [6.45, 7) is 4.89. The Morgan fingerprint density at radius 3 is 2.41 bits per heavy atom. The van der Waals surface area contributed by atoms with Crippen molar-refractivity contribution in [1.82, 2.24) is 5.32 Å². The molecule has 2 rings (SSSR count). The molecule has 1 aromatic rings. The van der Waals surface area contributed by atoms with Gasteiger partial charge in [-0.05, 0) is 29.9 Å². The molecule has 4 nitrogen and oxygen atoms in total. The van der Waals surface area contributed by atoms with Crippen LogP contribution in [0.25, 0.3) is 0 Å². The average Bonchev–Trinajstić information content (AvgIpc) is 2.83. The molecule has 0 heterocycles. The van der Waals surface area contributed by atoms with E-state index < -0.39 is 5.91 Å². The molecule has 0 aliphatic heterocycles. The fourth-order valence-corrected chi connectivity index (χ4v) is 1.99. The molecule has 0 spiro atoms. The predicted molar refractivity (Wildman–Crippen MR) is 64.0 cm³/mol. The lowest BCUT2D eigenvalue weighted by Gasteiger charge is -2.09. The van der Waals surface area contributed by atoms with Crippen molar-refractivity contribution in [1.29, 1.82) is 0 Å². The van der Waals surface area contributed by atoms with E-state index in [1.807, 2.05) is 0 Å². The third-order valence-electron chi connectivity index (χ3n) is 3.47. The first-order chi connectivity index (χ1) is 7.92. The molecule has 1 aliphatic rings. The van der Waals surface area contributed by atoms with Crippen LogP contribution in [0, 0.1) is 11.3 Å². The zero-order valence-electron chi connectivity index (χ0n) is 10.0. The largest absolute Gasteiger partial charge is 0.507 e. The number of amides is 1. The fourth-order valence-electron chi connectivity index (χ4n) is 1.99. The van der Waals surface area contributed by atoms with Crippen LogP contribution in [0.2, 0.25) is 0 Å². The molecule has 0 saturated heterocycles. The standard InChI is InChI=1S/C13H17NO3/c1-13(2)6-8(13)7-14-12(17)11-9(15)4-3-5-10(11)16/h3-5,8,15-16H,6-7H2,1-2H3,(H,14,17). The maximum atomic E-state index is 11.8. The fraction of sp³-hybridized carbons (Fsp3) is 0.462. The topological polar surface area (TPSA) is 69.6 Å². The Morgan fingerprint density at radius 1 is 1.41 bits per heavy atom. The number of benzene rings is 1. The van der Waals surface area contributed by atoms with E-state index in [4.69, 9.17) is 0 Å². The summed E-state index contributed by atoms with van der Waals surface area (Å²) in [6, 6.07) is 4.26. The third kappa shape index (κ3) is 2.35. The van der Waals surface area contributed by atoms with Crippen LogP contribution in [0.5, 0.6) is 11.5 Å². The van der Waals surface area contributed by atoms with E-state index in [9.17, 15) is 15.0 Å². The van der Waals surface area contributed by atoms with E-state index in [1.54, 1.807) is 0 Å². The highest BCUT2D eigenvalue weighted by atomic mass is 16.3. The number of phenolic OH excluding ortho intramolecular Hbond substituents is 2. The number of hydrogen-bond donors (Lipinski definition) is 3. The number of rotatable bonds is 3. The Hall–Kier alpha value is -1.71. The summed E-state index contributed by atoms with van der Waals surface area (Å²) in [6.07, 6.45) is 1.10. The zero-order valence-corrected chi connectivity index (χ0v) is 10.0. The minimum absolute atomic E-state index is 0.0500. The van der Waals surface area contributed by atoms with Gasteiger partial charge < -0.3 is 15.5 Å². The second-order valence-corrected chi connectivity index (χ2v) is 5.27. The van der Waals surface area contributed by atoms with Crippen LogP contribution in [0.4, 0.5) is 0 Å². The van der Waals surface area contributed by atoms with Crippen molar-refractivity contribution in [2.45, 2.75) is 20.3 Å². The van der Waals surface area contributed by atoms with Gasteiger partial charge in [-0.25, -0.2) is 0 Å². The first-order valence-electron chi connectivity index (χ1n) is 5.71. The minimum Gasteiger partial charge on any atom is -0.507 e. The van der Waals surface area contributed by atoms with E-state index in [0.717, 1.165) is 6.42 Å². The Kier molecular flexibility index (Phi) is 2.73. The maximum Gasteiger partial charge on any atom is 0.258 e. The summed E-state index contributed by atoms with van der Waals surface area (Å²) in [5, 5.41) is 21.8. The van der Waals surface area contributed by atoms with Crippen LogP contribution in [0.1, 0.15) is 30.6 Å². The van der Waals surface area contributed by atoms with Crippen LogP contribution < -0.4 is 5.32 Å². The molecule has 0 bridgehead atoms. The van der Waals surface area contributed by atoms with Gasteiger partial charge >= 0.3 is 0 Å². The van der Waals surface area contributed by atoms with Crippen LogP contribution in [-0.2, 0) is 0 Å². The van der Waals surface area contributed by atoms with Crippen molar-refractivity contribution in [2.24, 2.45) is 11.3 Å². The van der Waals surface area contributed by atoms with E-state index in [0.29, 0.717) is 17.9 Å². The molecule has 0 aromatic heterocycles. The van der Waals surface area contributed by atoms with E-state index >= 15 is 0 Å². The molecule has 92 valence electrons. The molecule has 1 aliphatic carbocycles. The first kappa shape index (κ1) is 11.8. The van der Waals surface area contributed by atoms with Gasteiger partial charge in [0.05, 0.1) is 0 Å². The number of phenols is 2. The molecular formula is C13H17NO3. The SMILES string of the molecule is CC1(C)CC1CNC(=O)c1c(O)cccc1O. The van der Waals surface area contributed by atoms with Gasteiger partial charge in [-0.15, -0.1) is 0 Å². The number of aromatic hydroxyl groups is 2. The summed E-state index contributed by atoms with van der Waals surface area (Å²) >= 11 is 0. The summed E-state index contributed by atoms with van der Waals surface area (Å²) in [5.41, 5.74) is 0.250. The zero-order chi connectivity index (χ0) is 12.6. The minimum atomic E-state index is -0.427. The van der Waals surface area contributed by atoms with Gasteiger partial charge in [-0.1, -0.05) is 19.9 Å². The van der Waals surface area contributed by atoms with Crippen molar-refractivity contribution in [3.8, 4) is 11.5 Å². The molecular weight excluding hydrogens is 218 g/mol. The summed E-state index contributed by atoms with van der Waals surface area (Å²) in [7, 11) is 0. The number of carbonyl (C=O) groups excluding carboxylic acids is 1. The molecule has 17 heavy (non-hydrogen) atoms. The van der Waals surface area contributed by atoms with Gasteiger partial charge in [0, 0.05) is 6.54 Å². The van der Waals surface area contributed by atoms with Crippen molar-refractivity contribution in [3.63, 3.8) is 0 Å². The summed E-state index contributed by atoms with van der Waals surface area (Å²) < 4.78 is 0. The normalized spacial score (nSPS) is 20.9. The molecule has 4 heteroatoms. The summed E-state index contributed by atoms with van der Waals surface area (Å²) in [4.78, 5) is 11.8. The van der Waals surface area contributed by atoms with Crippen molar-refractivity contribution in [2.75, 3.05) is 6.54 Å². The predicted octanol–water partition coefficient (Wildman–Crippen LogP) is 1.87.